The Bertz CT molecular complexity index is 264. The van der Waals surface area contributed by atoms with E-state index in [0.29, 0.717) is 12.0 Å². The second-order valence-corrected chi connectivity index (χ2v) is 4.16. The Kier molecular flexibility index (Phi) is 3.96. The van der Waals surface area contributed by atoms with Gasteiger partial charge in [0.1, 0.15) is 0 Å². The van der Waals surface area contributed by atoms with E-state index in [0.717, 1.165) is 12.2 Å². The molecule has 1 aromatic rings. The number of benzene rings is 1. The zero-order chi connectivity index (χ0) is 10.6. The van der Waals surface area contributed by atoms with Crippen LogP contribution in [0.5, 0.6) is 0 Å². The van der Waals surface area contributed by atoms with E-state index in [1.807, 2.05) is 12.1 Å². The highest BCUT2D eigenvalue weighted by Gasteiger charge is 2.05. The molecule has 78 valence electrons. The van der Waals surface area contributed by atoms with Crippen LogP contribution in [-0.4, -0.2) is 6.04 Å². The van der Waals surface area contributed by atoms with Gasteiger partial charge in [0.05, 0.1) is 0 Å². The summed E-state index contributed by atoms with van der Waals surface area (Å²) in [5.74, 6) is 0.670. The third-order valence-electron chi connectivity index (χ3n) is 2.61. The molecule has 1 rings (SSSR count). The Morgan fingerprint density at radius 1 is 1.14 bits per heavy atom. The van der Waals surface area contributed by atoms with Gasteiger partial charge in [-0.15, -0.1) is 0 Å². The van der Waals surface area contributed by atoms with E-state index in [-0.39, 0.29) is 0 Å². The Morgan fingerprint density at radius 2 is 1.71 bits per heavy atom. The lowest BCUT2D eigenvalue weighted by Gasteiger charge is -2.17. The molecule has 0 bridgehead atoms. The van der Waals surface area contributed by atoms with Gasteiger partial charge in [-0.3, -0.25) is 0 Å². The summed E-state index contributed by atoms with van der Waals surface area (Å²) in [6.07, 6.45) is 0. The molecule has 0 aromatic heterocycles. The summed E-state index contributed by atoms with van der Waals surface area (Å²) in [5, 5.41) is 3.48. The van der Waals surface area contributed by atoms with Crippen LogP contribution < -0.4 is 11.1 Å². The van der Waals surface area contributed by atoms with E-state index >= 15 is 0 Å². The first-order valence-electron chi connectivity index (χ1n) is 5.17. The minimum absolute atomic E-state index is 0.549. The van der Waals surface area contributed by atoms with E-state index in [9.17, 15) is 0 Å². The lowest BCUT2D eigenvalue weighted by atomic mass is 10.1. The SMILES string of the molecule is CC(C)C(C)NCc1ccc(N)cc1. The van der Waals surface area contributed by atoms with E-state index in [4.69, 9.17) is 5.73 Å². The molecule has 0 saturated carbocycles. The molecule has 0 aliphatic heterocycles. The molecule has 0 aliphatic rings. The highest BCUT2D eigenvalue weighted by molar-refractivity contribution is 5.39. The van der Waals surface area contributed by atoms with E-state index < -0.39 is 0 Å². The predicted molar refractivity (Wildman–Crippen MR) is 62.0 cm³/mol. The average molecular weight is 192 g/mol. The zero-order valence-corrected chi connectivity index (χ0v) is 9.25. The van der Waals surface area contributed by atoms with Gasteiger partial charge in [-0.25, -0.2) is 0 Å². The van der Waals surface area contributed by atoms with E-state index in [2.05, 4.69) is 38.2 Å². The van der Waals surface area contributed by atoms with Gasteiger partial charge in [0.25, 0.3) is 0 Å². The van der Waals surface area contributed by atoms with Crippen LogP contribution in [0.2, 0.25) is 0 Å². The summed E-state index contributed by atoms with van der Waals surface area (Å²) >= 11 is 0. The maximum absolute atomic E-state index is 5.61. The second-order valence-electron chi connectivity index (χ2n) is 4.16. The van der Waals surface area contributed by atoms with Crippen molar-refractivity contribution in [3.63, 3.8) is 0 Å². The molecule has 1 unspecified atom stereocenters. The smallest absolute Gasteiger partial charge is 0.0314 e. The molecular weight excluding hydrogens is 172 g/mol. The molecule has 1 atom stereocenters. The van der Waals surface area contributed by atoms with Crippen LogP contribution in [-0.2, 0) is 6.54 Å². The summed E-state index contributed by atoms with van der Waals surface area (Å²) in [5.41, 5.74) is 7.72. The molecule has 0 spiro atoms. The van der Waals surface area contributed by atoms with Crippen LogP contribution in [0, 0.1) is 5.92 Å². The summed E-state index contributed by atoms with van der Waals surface area (Å²) in [4.78, 5) is 0. The van der Waals surface area contributed by atoms with Crippen LogP contribution in [0.25, 0.3) is 0 Å². The first-order chi connectivity index (χ1) is 6.59. The first-order valence-corrected chi connectivity index (χ1v) is 5.17. The van der Waals surface area contributed by atoms with Crippen molar-refractivity contribution in [1.29, 1.82) is 0 Å². The number of hydrogen-bond donors (Lipinski definition) is 2. The number of anilines is 1. The molecule has 0 aliphatic carbocycles. The van der Waals surface area contributed by atoms with Crippen LogP contribution in [0.1, 0.15) is 26.3 Å². The molecule has 0 amide bonds. The highest BCUT2D eigenvalue weighted by atomic mass is 14.9. The third kappa shape index (κ3) is 3.38. The van der Waals surface area contributed by atoms with Gasteiger partial charge >= 0.3 is 0 Å². The summed E-state index contributed by atoms with van der Waals surface area (Å²) in [6.45, 7) is 7.57. The maximum atomic E-state index is 5.61. The molecule has 14 heavy (non-hydrogen) atoms. The maximum Gasteiger partial charge on any atom is 0.0314 e. The highest BCUT2D eigenvalue weighted by Crippen LogP contribution is 2.06. The molecule has 0 saturated heterocycles. The number of nitrogens with two attached hydrogens (primary N) is 1. The quantitative estimate of drug-likeness (QED) is 0.719. The number of rotatable bonds is 4. The summed E-state index contributed by atoms with van der Waals surface area (Å²) in [7, 11) is 0. The minimum atomic E-state index is 0.549. The minimum Gasteiger partial charge on any atom is -0.399 e. The summed E-state index contributed by atoms with van der Waals surface area (Å²) in [6, 6.07) is 8.56. The monoisotopic (exact) mass is 192 g/mol. The fraction of sp³-hybridized carbons (Fsp3) is 0.500. The van der Waals surface area contributed by atoms with Gasteiger partial charge in [-0.1, -0.05) is 26.0 Å². The van der Waals surface area contributed by atoms with Crippen LogP contribution in [0.4, 0.5) is 5.69 Å². The summed E-state index contributed by atoms with van der Waals surface area (Å²) < 4.78 is 0. The predicted octanol–water partition coefficient (Wildman–Crippen LogP) is 2.40. The molecule has 2 heteroatoms. The molecule has 0 radical (unpaired) electrons. The van der Waals surface area contributed by atoms with Gasteiger partial charge < -0.3 is 11.1 Å². The zero-order valence-electron chi connectivity index (χ0n) is 9.25. The van der Waals surface area contributed by atoms with Crippen LogP contribution in [0.3, 0.4) is 0 Å². The Labute approximate surface area is 86.5 Å². The van der Waals surface area contributed by atoms with Crippen LogP contribution >= 0.6 is 0 Å². The van der Waals surface area contributed by atoms with Crippen molar-refractivity contribution in [3.8, 4) is 0 Å². The van der Waals surface area contributed by atoms with E-state index in [1.54, 1.807) is 0 Å². The third-order valence-corrected chi connectivity index (χ3v) is 2.61. The van der Waals surface area contributed by atoms with Crippen molar-refractivity contribution in [3.05, 3.63) is 29.8 Å². The molecule has 1 aromatic carbocycles. The number of hydrogen-bond acceptors (Lipinski definition) is 2. The standard InChI is InChI=1S/C12H20N2/c1-9(2)10(3)14-8-11-4-6-12(13)7-5-11/h4-7,9-10,14H,8,13H2,1-3H3. The van der Waals surface area contributed by atoms with Gasteiger partial charge in [0.15, 0.2) is 0 Å². The second kappa shape index (κ2) is 5.01. The van der Waals surface area contributed by atoms with Crippen molar-refractivity contribution in [2.75, 3.05) is 5.73 Å². The lowest BCUT2D eigenvalue weighted by Crippen LogP contribution is -2.30. The van der Waals surface area contributed by atoms with Crippen molar-refractivity contribution < 1.29 is 0 Å². The number of nitrogens with one attached hydrogen (secondary N) is 1. The van der Waals surface area contributed by atoms with Gasteiger partial charge in [0.2, 0.25) is 0 Å². The Morgan fingerprint density at radius 3 is 2.21 bits per heavy atom. The van der Waals surface area contributed by atoms with Gasteiger partial charge in [0, 0.05) is 18.3 Å². The first kappa shape index (κ1) is 11.1. The van der Waals surface area contributed by atoms with E-state index in [1.165, 1.54) is 5.56 Å². The van der Waals surface area contributed by atoms with Crippen molar-refractivity contribution in [2.45, 2.75) is 33.4 Å². The Hall–Kier alpha value is -1.02. The van der Waals surface area contributed by atoms with Crippen LogP contribution in [0.15, 0.2) is 24.3 Å². The molecule has 3 N–H and O–H groups in total. The average Bonchev–Trinajstić information content (AvgIpc) is 2.16. The fourth-order valence-corrected chi connectivity index (χ4v) is 1.15. The normalized spacial score (nSPS) is 13.1. The molecule has 0 heterocycles. The van der Waals surface area contributed by atoms with Crippen molar-refractivity contribution in [2.24, 2.45) is 5.92 Å². The lowest BCUT2D eigenvalue weighted by molar-refractivity contribution is 0.426. The molecular formula is C12H20N2. The van der Waals surface area contributed by atoms with Crippen molar-refractivity contribution in [1.82, 2.24) is 5.32 Å². The van der Waals surface area contributed by atoms with Gasteiger partial charge in [-0.2, -0.15) is 0 Å². The molecule has 2 nitrogen and oxygen atoms in total. The topological polar surface area (TPSA) is 38.0 Å². The van der Waals surface area contributed by atoms with Gasteiger partial charge in [-0.05, 0) is 30.5 Å². The molecule has 0 fully saturated rings. The van der Waals surface area contributed by atoms with Crippen molar-refractivity contribution >= 4 is 5.69 Å². The number of nitrogen functional groups attached to an aromatic ring is 1. The Balaban J connectivity index is 2.42. The largest absolute Gasteiger partial charge is 0.399 e. The fourth-order valence-electron chi connectivity index (χ4n) is 1.15.